The summed E-state index contributed by atoms with van der Waals surface area (Å²) in [4.78, 5) is 20.5. The van der Waals surface area contributed by atoms with Crippen LogP contribution >= 0.6 is 0 Å². The molecule has 5 nitrogen and oxygen atoms in total. The molecule has 2 saturated heterocycles. The third-order valence-corrected chi connectivity index (χ3v) is 9.44. The van der Waals surface area contributed by atoms with Crippen LogP contribution in [0.2, 0.25) is 0 Å². The van der Waals surface area contributed by atoms with Crippen molar-refractivity contribution in [1.29, 1.82) is 0 Å². The van der Waals surface area contributed by atoms with E-state index in [1.807, 2.05) is 29.2 Å². The first-order chi connectivity index (χ1) is 15.0. The van der Waals surface area contributed by atoms with Gasteiger partial charge in [-0.25, -0.2) is 8.42 Å². The molecule has 6 heteroatoms. The zero-order valence-electron chi connectivity index (χ0n) is 17.2. The van der Waals surface area contributed by atoms with Gasteiger partial charge in [-0.3, -0.25) is 9.79 Å². The number of para-hydroxylation sites is 1. The molecular weight excluding hydrogens is 408 g/mol. The predicted molar refractivity (Wildman–Crippen MR) is 119 cm³/mol. The molecule has 1 aliphatic carbocycles. The van der Waals surface area contributed by atoms with E-state index in [0.29, 0.717) is 17.7 Å². The minimum absolute atomic E-state index is 0.0698. The maximum Gasteiger partial charge on any atom is 0.224 e. The Labute approximate surface area is 182 Å². The average molecular weight is 433 g/mol. The molecule has 2 fully saturated rings. The average Bonchev–Trinajstić information content (AvgIpc) is 3.28. The van der Waals surface area contributed by atoms with Crippen LogP contribution in [0, 0.1) is 5.41 Å². The Morgan fingerprint density at radius 2 is 1.84 bits per heavy atom. The minimum Gasteiger partial charge on any atom is -0.337 e. The Kier molecular flexibility index (Phi) is 3.91. The van der Waals surface area contributed by atoms with E-state index in [0.717, 1.165) is 36.3 Å². The topological polar surface area (TPSA) is 66.8 Å². The monoisotopic (exact) mass is 432 g/mol. The van der Waals surface area contributed by atoms with E-state index in [9.17, 15) is 13.2 Å². The van der Waals surface area contributed by atoms with Crippen LogP contribution in [0.4, 0.5) is 5.69 Å². The molecule has 0 radical (unpaired) electrons. The van der Waals surface area contributed by atoms with Gasteiger partial charge in [0.1, 0.15) is 0 Å². The van der Waals surface area contributed by atoms with Gasteiger partial charge in [0.2, 0.25) is 5.91 Å². The van der Waals surface area contributed by atoms with Crippen LogP contribution < -0.4 is 0 Å². The molecule has 1 amide bonds. The Hall–Kier alpha value is -2.73. The number of amides is 1. The Balaban J connectivity index is 1.44. The van der Waals surface area contributed by atoms with Gasteiger partial charge in [0.15, 0.2) is 9.84 Å². The summed E-state index contributed by atoms with van der Waals surface area (Å²) in [6, 6.07) is 16.7. The van der Waals surface area contributed by atoms with Gasteiger partial charge in [-0.1, -0.05) is 42.5 Å². The summed E-state index contributed by atoms with van der Waals surface area (Å²) in [5.41, 5.74) is 2.20. The summed E-state index contributed by atoms with van der Waals surface area (Å²) in [6.07, 6.45) is 6.96. The zero-order chi connectivity index (χ0) is 21.3. The van der Waals surface area contributed by atoms with Crippen LogP contribution in [0.15, 0.2) is 76.6 Å². The van der Waals surface area contributed by atoms with Crippen LogP contribution in [0.3, 0.4) is 0 Å². The smallest absolute Gasteiger partial charge is 0.224 e. The van der Waals surface area contributed by atoms with E-state index in [1.165, 1.54) is 0 Å². The number of hydrogen-bond donors (Lipinski definition) is 0. The van der Waals surface area contributed by atoms with Crippen LogP contribution in [-0.2, 0) is 20.0 Å². The normalized spacial score (nSPS) is 30.6. The first-order valence-electron chi connectivity index (χ1n) is 10.9. The van der Waals surface area contributed by atoms with Crippen molar-refractivity contribution in [3.05, 3.63) is 72.3 Å². The van der Waals surface area contributed by atoms with Gasteiger partial charge in [0.25, 0.3) is 0 Å². The SMILES string of the molecule is O=C1C[C@@]23C(=Nc4ccccc42)C=C[C@]2(CCS(=O)(=O)c4ccccc4)CCCN1[C@@H]23. The van der Waals surface area contributed by atoms with E-state index in [1.54, 1.807) is 24.3 Å². The fraction of sp³-hybridized carbons (Fsp3) is 0.360. The molecule has 31 heavy (non-hydrogen) atoms. The van der Waals surface area contributed by atoms with E-state index in [-0.39, 0.29) is 23.1 Å². The number of hydrogen-bond acceptors (Lipinski definition) is 4. The van der Waals surface area contributed by atoms with Crippen molar-refractivity contribution in [3.8, 4) is 0 Å². The van der Waals surface area contributed by atoms with Crippen LogP contribution in [-0.4, -0.2) is 43.3 Å². The lowest BCUT2D eigenvalue weighted by atomic mass is 9.56. The fourth-order valence-corrected chi connectivity index (χ4v) is 7.88. The number of carbonyl (C=O) groups excluding carboxylic acids is 1. The van der Waals surface area contributed by atoms with Crippen molar-refractivity contribution in [1.82, 2.24) is 4.90 Å². The maximum absolute atomic E-state index is 13.2. The maximum atomic E-state index is 13.2. The number of aliphatic imine (C=N–C) groups is 1. The molecule has 3 atom stereocenters. The molecule has 6 rings (SSSR count). The number of nitrogens with zero attached hydrogens (tertiary/aromatic N) is 2. The van der Waals surface area contributed by atoms with Crippen molar-refractivity contribution in [3.63, 3.8) is 0 Å². The van der Waals surface area contributed by atoms with Gasteiger partial charge in [-0.15, -0.1) is 0 Å². The van der Waals surface area contributed by atoms with E-state index < -0.39 is 15.3 Å². The van der Waals surface area contributed by atoms with Crippen LogP contribution in [0.5, 0.6) is 0 Å². The summed E-state index contributed by atoms with van der Waals surface area (Å²) >= 11 is 0. The number of sulfone groups is 1. The number of piperidine rings is 1. The largest absolute Gasteiger partial charge is 0.337 e. The number of allylic oxidation sites excluding steroid dienone is 1. The lowest BCUT2D eigenvalue weighted by Gasteiger charge is -2.53. The highest BCUT2D eigenvalue weighted by molar-refractivity contribution is 7.91. The second-order valence-corrected chi connectivity index (χ2v) is 11.3. The summed E-state index contributed by atoms with van der Waals surface area (Å²) in [5.74, 6) is 0.234. The summed E-state index contributed by atoms with van der Waals surface area (Å²) in [7, 11) is -3.40. The Bertz CT molecular complexity index is 1250. The zero-order valence-corrected chi connectivity index (χ0v) is 18.0. The van der Waals surface area contributed by atoms with Crippen molar-refractivity contribution < 1.29 is 13.2 Å². The number of benzene rings is 2. The standard InChI is InChI=1S/C25H24N2O3S/c28-22-17-25-19-9-4-5-10-20(19)26-21(25)11-13-24(12-6-15-27(22)23(24)25)14-16-31(29,30)18-7-2-1-3-8-18/h1-5,7-11,13,23H,6,12,14-17H2/t23-,24-,25-/m0/s1. The first kappa shape index (κ1) is 19.0. The molecular formula is C25H24N2O3S. The lowest BCUT2D eigenvalue weighted by molar-refractivity contribution is -0.132. The number of carbonyl (C=O) groups is 1. The third kappa shape index (κ3) is 2.51. The van der Waals surface area contributed by atoms with E-state index in [2.05, 4.69) is 18.2 Å². The molecule has 3 aliphatic heterocycles. The van der Waals surface area contributed by atoms with Crippen molar-refractivity contribution in [2.24, 2.45) is 10.4 Å². The fourth-order valence-electron chi connectivity index (χ4n) is 6.43. The predicted octanol–water partition coefficient (Wildman–Crippen LogP) is 3.83. The van der Waals surface area contributed by atoms with Crippen molar-refractivity contribution in [2.75, 3.05) is 12.3 Å². The molecule has 2 aromatic rings. The number of rotatable bonds is 4. The summed E-state index contributed by atoms with van der Waals surface area (Å²) in [6.45, 7) is 0.738. The Morgan fingerprint density at radius 3 is 2.68 bits per heavy atom. The van der Waals surface area contributed by atoms with Gasteiger partial charge in [-0.2, -0.15) is 0 Å². The lowest BCUT2D eigenvalue weighted by Crippen LogP contribution is -2.60. The highest BCUT2D eigenvalue weighted by Crippen LogP contribution is 2.61. The second kappa shape index (κ2) is 6.39. The van der Waals surface area contributed by atoms with Crippen molar-refractivity contribution >= 4 is 27.1 Å². The molecule has 0 unspecified atom stereocenters. The molecule has 158 valence electrons. The molecule has 1 spiro atoms. The van der Waals surface area contributed by atoms with E-state index in [4.69, 9.17) is 4.99 Å². The van der Waals surface area contributed by atoms with Crippen LogP contribution in [0.25, 0.3) is 0 Å². The van der Waals surface area contributed by atoms with Gasteiger partial charge >= 0.3 is 0 Å². The molecule has 3 heterocycles. The van der Waals surface area contributed by atoms with Gasteiger partial charge in [0.05, 0.1) is 33.5 Å². The Morgan fingerprint density at radius 1 is 1.06 bits per heavy atom. The third-order valence-electron chi connectivity index (χ3n) is 7.71. The van der Waals surface area contributed by atoms with Crippen LogP contribution in [0.1, 0.15) is 31.2 Å². The quantitative estimate of drug-likeness (QED) is 0.738. The highest BCUT2D eigenvalue weighted by atomic mass is 32.2. The summed E-state index contributed by atoms with van der Waals surface area (Å²) < 4.78 is 26.2. The molecule has 2 aromatic carbocycles. The minimum atomic E-state index is -3.40. The molecule has 4 aliphatic rings. The molecule has 0 aromatic heterocycles. The number of fused-ring (bicyclic) bond motifs is 1. The van der Waals surface area contributed by atoms with Gasteiger partial charge < -0.3 is 4.90 Å². The second-order valence-electron chi connectivity index (χ2n) is 9.20. The highest BCUT2D eigenvalue weighted by Gasteiger charge is 2.66. The first-order valence-corrected chi connectivity index (χ1v) is 12.6. The van der Waals surface area contributed by atoms with Crippen molar-refractivity contribution in [2.45, 2.75) is 42.0 Å². The molecule has 0 bridgehead atoms. The van der Waals surface area contributed by atoms with Gasteiger partial charge in [0, 0.05) is 18.4 Å². The summed E-state index contributed by atoms with van der Waals surface area (Å²) in [5, 5.41) is 0. The molecule has 0 saturated carbocycles. The van der Waals surface area contributed by atoms with E-state index >= 15 is 0 Å². The van der Waals surface area contributed by atoms with Gasteiger partial charge in [-0.05, 0) is 49.1 Å². The molecule has 0 N–H and O–H groups in total.